The number of nitrogens with zero attached hydrogens (tertiary/aromatic N) is 1. The van der Waals surface area contributed by atoms with Crippen molar-refractivity contribution in [3.8, 4) is 0 Å². The molecule has 0 unspecified atom stereocenters. The molecule has 2 atom stereocenters. The highest BCUT2D eigenvalue weighted by Crippen LogP contribution is 2.26. The van der Waals surface area contributed by atoms with Gasteiger partial charge in [0.1, 0.15) is 12.3 Å². The van der Waals surface area contributed by atoms with Crippen LogP contribution < -0.4 is 9.62 Å². The summed E-state index contributed by atoms with van der Waals surface area (Å²) in [5, 5.41) is 0. The number of anilines is 1. The lowest BCUT2D eigenvalue weighted by molar-refractivity contribution is 0.0650. The summed E-state index contributed by atoms with van der Waals surface area (Å²) in [6.45, 7) is 0.745. The van der Waals surface area contributed by atoms with Gasteiger partial charge in [-0.2, -0.15) is 0 Å². The van der Waals surface area contributed by atoms with E-state index in [1.54, 1.807) is 24.3 Å². The number of nitrogens with one attached hydrogen (secondary N) is 1. The molecule has 21 heavy (non-hydrogen) atoms. The first kappa shape index (κ1) is 14.7. The van der Waals surface area contributed by atoms with E-state index < -0.39 is 22.3 Å². The highest BCUT2D eigenvalue weighted by Gasteiger charge is 2.33. The zero-order valence-electron chi connectivity index (χ0n) is 11.8. The molecule has 1 aromatic rings. The van der Waals surface area contributed by atoms with Gasteiger partial charge >= 0.3 is 0 Å². The van der Waals surface area contributed by atoms with Crippen molar-refractivity contribution in [1.29, 1.82) is 0 Å². The van der Waals surface area contributed by atoms with Gasteiger partial charge in [0.2, 0.25) is 10.0 Å². The number of methoxy groups -OCH3 is 1. The maximum Gasteiger partial charge on any atom is 0.240 e. The highest BCUT2D eigenvalue weighted by molar-refractivity contribution is 7.89. The predicted molar refractivity (Wildman–Crippen MR) is 77.7 cm³/mol. The van der Waals surface area contributed by atoms with Gasteiger partial charge in [0.05, 0.1) is 11.4 Å². The molecule has 2 aliphatic rings. The molecule has 1 N–H and O–H groups in total. The lowest BCUT2D eigenvalue weighted by Gasteiger charge is -2.18. The van der Waals surface area contributed by atoms with Crippen LogP contribution in [-0.4, -0.2) is 46.9 Å². The molecular formula is C14H19FN2O3S. The van der Waals surface area contributed by atoms with Crippen molar-refractivity contribution in [1.82, 2.24) is 4.72 Å². The summed E-state index contributed by atoms with van der Waals surface area (Å²) in [7, 11) is -1.93. The van der Waals surface area contributed by atoms with Crippen molar-refractivity contribution in [3.05, 3.63) is 24.3 Å². The van der Waals surface area contributed by atoms with E-state index in [2.05, 4.69) is 4.72 Å². The van der Waals surface area contributed by atoms with Crippen LogP contribution in [0, 0.1) is 0 Å². The molecule has 1 saturated heterocycles. The normalized spacial score (nSPS) is 26.3. The molecule has 0 radical (unpaired) electrons. The third kappa shape index (κ3) is 3.20. The number of hydrogen-bond acceptors (Lipinski definition) is 4. The van der Waals surface area contributed by atoms with E-state index in [9.17, 15) is 12.8 Å². The summed E-state index contributed by atoms with van der Waals surface area (Å²) < 4.78 is 45.5. The molecule has 3 rings (SSSR count). The maximum atomic E-state index is 13.7. The van der Waals surface area contributed by atoms with E-state index in [1.807, 2.05) is 4.90 Å². The molecule has 1 heterocycles. The number of sulfonamides is 1. The Balaban J connectivity index is 1.72. The zero-order chi connectivity index (χ0) is 15.0. The summed E-state index contributed by atoms with van der Waals surface area (Å²) in [5.74, 6) is 0. The summed E-state index contributed by atoms with van der Waals surface area (Å²) in [6, 6.07) is 6.64. The van der Waals surface area contributed by atoms with Crippen LogP contribution in [0.4, 0.5) is 10.1 Å². The van der Waals surface area contributed by atoms with Gasteiger partial charge in [0, 0.05) is 25.4 Å². The van der Waals surface area contributed by atoms with Crippen LogP contribution in [0.3, 0.4) is 0 Å². The SMILES string of the molecule is CO[C@@H]1CN(c2ccc(S(=O)(=O)NC3CC3)cc2)C[C@H]1F. The average Bonchev–Trinajstić information content (AvgIpc) is 3.18. The molecule has 0 amide bonds. The molecule has 7 heteroatoms. The number of rotatable bonds is 5. The zero-order valence-corrected chi connectivity index (χ0v) is 12.6. The van der Waals surface area contributed by atoms with E-state index >= 15 is 0 Å². The van der Waals surface area contributed by atoms with E-state index in [1.165, 1.54) is 7.11 Å². The minimum atomic E-state index is -3.43. The Morgan fingerprint density at radius 3 is 2.43 bits per heavy atom. The second-order valence-electron chi connectivity index (χ2n) is 5.58. The summed E-state index contributed by atoms with van der Waals surface area (Å²) >= 11 is 0. The number of ether oxygens (including phenoxy) is 1. The van der Waals surface area contributed by atoms with Gasteiger partial charge in [0.15, 0.2) is 0 Å². The van der Waals surface area contributed by atoms with E-state index in [0.29, 0.717) is 6.54 Å². The van der Waals surface area contributed by atoms with Crippen LogP contribution in [0.25, 0.3) is 0 Å². The van der Waals surface area contributed by atoms with Crippen molar-refractivity contribution in [2.24, 2.45) is 0 Å². The molecule has 0 bridgehead atoms. The smallest absolute Gasteiger partial charge is 0.240 e. The average molecular weight is 314 g/mol. The minimum Gasteiger partial charge on any atom is -0.377 e. The molecule has 116 valence electrons. The van der Waals surface area contributed by atoms with Crippen LogP contribution in [0.1, 0.15) is 12.8 Å². The molecule has 0 spiro atoms. The molecule has 1 aliphatic heterocycles. The number of benzene rings is 1. The fraction of sp³-hybridized carbons (Fsp3) is 0.571. The molecular weight excluding hydrogens is 295 g/mol. The lowest BCUT2D eigenvalue weighted by atomic mass is 10.3. The molecule has 1 aliphatic carbocycles. The maximum absolute atomic E-state index is 13.7. The van der Waals surface area contributed by atoms with E-state index in [-0.39, 0.29) is 17.5 Å². The Labute approximate surface area is 124 Å². The molecule has 0 aromatic heterocycles. The van der Waals surface area contributed by atoms with Gasteiger partial charge in [-0.25, -0.2) is 17.5 Å². The molecule has 1 saturated carbocycles. The van der Waals surface area contributed by atoms with Crippen LogP contribution in [0.15, 0.2) is 29.2 Å². The van der Waals surface area contributed by atoms with Gasteiger partial charge in [-0.05, 0) is 37.1 Å². The summed E-state index contributed by atoms with van der Waals surface area (Å²) in [6.07, 6.45) is 0.364. The van der Waals surface area contributed by atoms with Crippen molar-refractivity contribution < 1.29 is 17.5 Å². The number of hydrogen-bond donors (Lipinski definition) is 1. The molecule has 2 fully saturated rings. The van der Waals surface area contributed by atoms with Crippen LogP contribution >= 0.6 is 0 Å². The van der Waals surface area contributed by atoms with Crippen LogP contribution in [0.2, 0.25) is 0 Å². The fourth-order valence-corrected chi connectivity index (χ4v) is 3.80. The lowest BCUT2D eigenvalue weighted by Crippen LogP contribution is -2.26. The topological polar surface area (TPSA) is 58.6 Å². The van der Waals surface area contributed by atoms with Crippen LogP contribution in [0.5, 0.6) is 0 Å². The summed E-state index contributed by atoms with van der Waals surface area (Å²) in [5.41, 5.74) is 0.808. The summed E-state index contributed by atoms with van der Waals surface area (Å²) in [4.78, 5) is 2.11. The second-order valence-corrected chi connectivity index (χ2v) is 7.30. The van der Waals surface area contributed by atoms with Crippen molar-refractivity contribution in [3.63, 3.8) is 0 Å². The Hall–Kier alpha value is -1.18. The van der Waals surface area contributed by atoms with Gasteiger partial charge in [0.25, 0.3) is 0 Å². The van der Waals surface area contributed by atoms with Gasteiger partial charge < -0.3 is 9.64 Å². The van der Waals surface area contributed by atoms with Crippen molar-refractivity contribution >= 4 is 15.7 Å². The first-order chi connectivity index (χ1) is 9.99. The van der Waals surface area contributed by atoms with Gasteiger partial charge in [-0.3, -0.25) is 0 Å². The second kappa shape index (κ2) is 5.55. The Bertz CT molecular complexity index is 601. The Morgan fingerprint density at radius 1 is 1.24 bits per heavy atom. The minimum absolute atomic E-state index is 0.0861. The number of alkyl halides is 1. The quantitative estimate of drug-likeness (QED) is 0.890. The van der Waals surface area contributed by atoms with Gasteiger partial charge in [-0.1, -0.05) is 0 Å². The standard InChI is InChI=1S/C14H19FN2O3S/c1-20-14-9-17(8-13(14)15)11-4-6-12(7-5-11)21(18,19)16-10-2-3-10/h4-7,10,13-14,16H,2-3,8-9H2,1H3/t13-,14-/m1/s1. The largest absolute Gasteiger partial charge is 0.377 e. The Morgan fingerprint density at radius 2 is 1.90 bits per heavy atom. The van der Waals surface area contributed by atoms with Gasteiger partial charge in [-0.15, -0.1) is 0 Å². The predicted octanol–water partition coefficient (Wildman–Crippen LogP) is 1.30. The number of halogens is 1. The van der Waals surface area contributed by atoms with E-state index in [0.717, 1.165) is 18.5 Å². The first-order valence-corrected chi connectivity index (χ1v) is 8.52. The molecule has 1 aromatic carbocycles. The van der Waals surface area contributed by atoms with Crippen LogP contribution in [-0.2, 0) is 14.8 Å². The monoisotopic (exact) mass is 314 g/mol. The third-order valence-corrected chi connectivity index (χ3v) is 5.45. The fourth-order valence-electron chi connectivity index (χ4n) is 2.49. The molecule has 5 nitrogen and oxygen atoms in total. The van der Waals surface area contributed by atoms with E-state index in [4.69, 9.17) is 4.74 Å². The van der Waals surface area contributed by atoms with Crippen molar-refractivity contribution in [2.45, 2.75) is 36.1 Å². The first-order valence-electron chi connectivity index (χ1n) is 7.04. The Kier molecular flexibility index (Phi) is 3.90. The highest BCUT2D eigenvalue weighted by atomic mass is 32.2. The van der Waals surface area contributed by atoms with Crippen molar-refractivity contribution in [2.75, 3.05) is 25.1 Å². The third-order valence-electron chi connectivity index (χ3n) is 3.91.